The van der Waals surface area contributed by atoms with Gasteiger partial charge in [-0.1, -0.05) is 6.58 Å². The van der Waals surface area contributed by atoms with Crippen LogP contribution in [-0.2, 0) is 0 Å². The molecular formula is C9H10N2O3. The van der Waals surface area contributed by atoms with E-state index in [1.165, 1.54) is 12.3 Å². The smallest absolute Gasteiger partial charge is 0.406 e. The van der Waals surface area contributed by atoms with Gasteiger partial charge in [0.05, 0.1) is 0 Å². The second-order valence-electron chi connectivity index (χ2n) is 2.83. The predicted molar refractivity (Wildman–Crippen MR) is 51.2 cm³/mol. The average Bonchev–Trinajstić information content (AvgIpc) is 2.15. The molecule has 1 heterocycles. The van der Waals surface area contributed by atoms with E-state index < -0.39 is 4.92 Å². The fourth-order valence-corrected chi connectivity index (χ4v) is 0.833. The van der Waals surface area contributed by atoms with Gasteiger partial charge in [-0.2, -0.15) is 0 Å². The van der Waals surface area contributed by atoms with Gasteiger partial charge in [0.15, 0.2) is 0 Å². The molecule has 14 heavy (non-hydrogen) atoms. The maximum Gasteiger partial charge on any atom is 0.406 e. The Labute approximate surface area is 81.2 Å². The van der Waals surface area contributed by atoms with Crippen LogP contribution in [0.5, 0.6) is 5.75 Å². The largest absolute Gasteiger partial charge is 0.481 e. The first-order valence-electron chi connectivity index (χ1n) is 3.98. The lowest BCUT2D eigenvalue weighted by molar-refractivity contribution is -0.390. The molecule has 5 nitrogen and oxygen atoms in total. The SMILES string of the molecule is C=C(C)COc1cccnc1[N+](=O)[O-]. The Morgan fingerprint density at radius 1 is 1.79 bits per heavy atom. The molecule has 0 spiro atoms. The van der Waals surface area contributed by atoms with Crippen molar-refractivity contribution < 1.29 is 9.66 Å². The fraction of sp³-hybridized carbons (Fsp3) is 0.222. The highest BCUT2D eigenvalue weighted by molar-refractivity contribution is 5.38. The van der Waals surface area contributed by atoms with Crippen LogP contribution in [0.15, 0.2) is 30.5 Å². The van der Waals surface area contributed by atoms with Gasteiger partial charge in [0.2, 0.25) is 5.75 Å². The summed E-state index contributed by atoms with van der Waals surface area (Å²) in [6.07, 6.45) is 1.35. The highest BCUT2D eigenvalue weighted by Gasteiger charge is 2.14. The highest BCUT2D eigenvalue weighted by atomic mass is 16.6. The molecule has 0 aromatic carbocycles. The Morgan fingerprint density at radius 3 is 3.07 bits per heavy atom. The first kappa shape index (κ1) is 10.2. The molecule has 0 unspecified atom stereocenters. The quantitative estimate of drug-likeness (QED) is 0.417. The van der Waals surface area contributed by atoms with Crippen molar-refractivity contribution >= 4 is 5.82 Å². The van der Waals surface area contributed by atoms with Gasteiger partial charge in [0.1, 0.15) is 12.8 Å². The molecule has 0 N–H and O–H groups in total. The number of hydrogen-bond acceptors (Lipinski definition) is 4. The van der Waals surface area contributed by atoms with Gasteiger partial charge in [-0.25, -0.2) is 0 Å². The molecule has 74 valence electrons. The third kappa shape index (κ3) is 2.55. The Bertz CT molecular complexity index is 363. The molecule has 1 aromatic rings. The van der Waals surface area contributed by atoms with E-state index in [0.717, 1.165) is 5.57 Å². The summed E-state index contributed by atoms with van der Waals surface area (Å²) in [5.41, 5.74) is 0.795. The highest BCUT2D eigenvalue weighted by Crippen LogP contribution is 2.22. The van der Waals surface area contributed by atoms with Crippen LogP contribution in [-0.4, -0.2) is 16.5 Å². The second-order valence-corrected chi connectivity index (χ2v) is 2.83. The Kier molecular flexibility index (Phi) is 3.17. The fourth-order valence-electron chi connectivity index (χ4n) is 0.833. The molecule has 0 aliphatic carbocycles. The lowest BCUT2D eigenvalue weighted by Crippen LogP contribution is -2.02. The summed E-state index contributed by atoms with van der Waals surface area (Å²) in [5, 5.41) is 10.5. The van der Waals surface area contributed by atoms with E-state index >= 15 is 0 Å². The third-order valence-corrected chi connectivity index (χ3v) is 1.40. The molecule has 0 atom stereocenters. The minimum atomic E-state index is -0.576. The molecule has 0 amide bonds. The number of aromatic nitrogens is 1. The van der Waals surface area contributed by atoms with E-state index in [-0.39, 0.29) is 18.2 Å². The number of ether oxygens (including phenoxy) is 1. The van der Waals surface area contributed by atoms with Crippen molar-refractivity contribution in [2.75, 3.05) is 6.61 Å². The number of rotatable bonds is 4. The average molecular weight is 194 g/mol. The standard InChI is InChI=1S/C9H10N2O3/c1-7(2)6-14-8-4-3-5-10-9(8)11(12)13/h3-5H,1,6H2,2H3. The normalized spacial score (nSPS) is 9.50. The van der Waals surface area contributed by atoms with Crippen LogP contribution in [0, 0.1) is 10.1 Å². The summed E-state index contributed by atoms with van der Waals surface area (Å²) in [4.78, 5) is 13.5. The Morgan fingerprint density at radius 2 is 2.50 bits per heavy atom. The topological polar surface area (TPSA) is 65.3 Å². The summed E-state index contributed by atoms with van der Waals surface area (Å²) in [6, 6.07) is 3.09. The lowest BCUT2D eigenvalue weighted by Gasteiger charge is -2.04. The molecule has 0 saturated carbocycles. The number of nitro groups is 1. The first-order chi connectivity index (χ1) is 6.61. The molecule has 0 saturated heterocycles. The van der Waals surface area contributed by atoms with Crippen LogP contribution < -0.4 is 4.74 Å². The zero-order valence-electron chi connectivity index (χ0n) is 7.77. The number of pyridine rings is 1. The molecule has 0 radical (unpaired) electrons. The predicted octanol–water partition coefficient (Wildman–Crippen LogP) is 1.94. The van der Waals surface area contributed by atoms with E-state index in [9.17, 15) is 10.1 Å². The Hall–Kier alpha value is -1.91. The van der Waals surface area contributed by atoms with Crippen LogP contribution in [0.1, 0.15) is 6.92 Å². The molecule has 1 aromatic heterocycles. The van der Waals surface area contributed by atoms with Gasteiger partial charge >= 0.3 is 5.82 Å². The molecule has 0 aliphatic heterocycles. The molecular weight excluding hydrogens is 184 g/mol. The van der Waals surface area contributed by atoms with E-state index in [2.05, 4.69) is 11.6 Å². The maximum atomic E-state index is 10.5. The van der Waals surface area contributed by atoms with Crippen molar-refractivity contribution in [3.8, 4) is 5.75 Å². The van der Waals surface area contributed by atoms with Gasteiger partial charge in [0.25, 0.3) is 0 Å². The number of nitrogens with zero attached hydrogens (tertiary/aromatic N) is 2. The summed E-state index contributed by atoms with van der Waals surface area (Å²) >= 11 is 0. The second kappa shape index (κ2) is 4.36. The van der Waals surface area contributed by atoms with Gasteiger partial charge in [-0.3, -0.25) is 0 Å². The van der Waals surface area contributed by atoms with E-state index in [4.69, 9.17) is 4.74 Å². The molecule has 1 rings (SSSR count). The minimum Gasteiger partial charge on any atom is -0.481 e. The molecule has 0 aliphatic rings. The first-order valence-corrected chi connectivity index (χ1v) is 3.98. The molecule has 0 bridgehead atoms. The van der Waals surface area contributed by atoms with Crippen molar-refractivity contribution in [1.82, 2.24) is 4.98 Å². The zero-order valence-corrected chi connectivity index (χ0v) is 7.77. The summed E-state index contributed by atoms with van der Waals surface area (Å²) in [7, 11) is 0. The Balaban J connectivity index is 2.84. The van der Waals surface area contributed by atoms with Crippen molar-refractivity contribution in [3.05, 3.63) is 40.6 Å². The van der Waals surface area contributed by atoms with Crippen LogP contribution in [0.4, 0.5) is 5.82 Å². The van der Waals surface area contributed by atoms with Gasteiger partial charge in [0, 0.05) is 0 Å². The zero-order chi connectivity index (χ0) is 10.6. The van der Waals surface area contributed by atoms with Crippen LogP contribution >= 0.6 is 0 Å². The number of hydrogen-bond donors (Lipinski definition) is 0. The summed E-state index contributed by atoms with van der Waals surface area (Å²) < 4.78 is 5.16. The summed E-state index contributed by atoms with van der Waals surface area (Å²) in [5.74, 6) is -0.103. The van der Waals surface area contributed by atoms with Crippen molar-refractivity contribution in [2.45, 2.75) is 6.92 Å². The lowest BCUT2D eigenvalue weighted by atomic mass is 10.4. The van der Waals surface area contributed by atoms with Gasteiger partial charge in [-0.15, -0.1) is 0 Å². The van der Waals surface area contributed by atoms with Gasteiger partial charge < -0.3 is 14.9 Å². The molecule has 0 fully saturated rings. The van der Waals surface area contributed by atoms with Crippen molar-refractivity contribution in [1.29, 1.82) is 0 Å². The van der Waals surface area contributed by atoms with E-state index in [0.29, 0.717) is 0 Å². The maximum absolute atomic E-state index is 10.5. The van der Waals surface area contributed by atoms with Crippen LogP contribution in [0.25, 0.3) is 0 Å². The van der Waals surface area contributed by atoms with Crippen molar-refractivity contribution in [3.63, 3.8) is 0 Å². The monoisotopic (exact) mass is 194 g/mol. The summed E-state index contributed by atoms with van der Waals surface area (Å²) in [6.45, 7) is 5.67. The third-order valence-electron chi connectivity index (χ3n) is 1.40. The minimum absolute atomic E-state index is 0.167. The van der Waals surface area contributed by atoms with Crippen LogP contribution in [0.2, 0.25) is 0 Å². The van der Waals surface area contributed by atoms with Gasteiger partial charge in [-0.05, 0) is 34.5 Å². The van der Waals surface area contributed by atoms with Crippen molar-refractivity contribution in [2.24, 2.45) is 0 Å². The molecule has 5 heteroatoms. The van der Waals surface area contributed by atoms with Crippen LogP contribution in [0.3, 0.4) is 0 Å². The van der Waals surface area contributed by atoms with E-state index in [1.54, 1.807) is 13.0 Å². The van der Waals surface area contributed by atoms with E-state index in [1.807, 2.05) is 0 Å².